The highest BCUT2D eigenvalue weighted by molar-refractivity contribution is 5.74. The lowest BCUT2D eigenvalue weighted by molar-refractivity contribution is -0.0256. The first kappa shape index (κ1) is 25.7. The van der Waals surface area contributed by atoms with Gasteiger partial charge in [0, 0.05) is 18.4 Å². The van der Waals surface area contributed by atoms with E-state index in [4.69, 9.17) is 9.15 Å². The van der Waals surface area contributed by atoms with Crippen LogP contribution >= 0.6 is 0 Å². The number of ether oxygens (including phenoxy) is 1. The summed E-state index contributed by atoms with van der Waals surface area (Å²) >= 11 is 0. The van der Waals surface area contributed by atoms with Gasteiger partial charge in [-0.05, 0) is 31.9 Å². The Morgan fingerprint density at radius 2 is 1.35 bits per heavy atom. The topological polar surface area (TPSA) is 35.3 Å². The summed E-state index contributed by atoms with van der Waals surface area (Å²) in [6.07, 6.45) is 17.6. The lowest BCUT2D eigenvalue weighted by Crippen LogP contribution is -2.45. The summed E-state index contributed by atoms with van der Waals surface area (Å²) in [5, 5.41) is 0. The van der Waals surface area contributed by atoms with Gasteiger partial charge in [-0.15, -0.1) is 0 Å². The molecule has 176 valence electrons. The van der Waals surface area contributed by atoms with E-state index in [2.05, 4.69) is 39.6 Å². The zero-order chi connectivity index (χ0) is 22.7. The lowest BCUT2D eigenvalue weighted by Gasteiger charge is -2.42. The summed E-state index contributed by atoms with van der Waals surface area (Å²) in [5.74, 6) is 1.57. The average Bonchev–Trinajstić information content (AvgIpc) is 3.07. The fraction of sp³-hybridized carbons (Fsp3) is 0.750. The van der Waals surface area contributed by atoms with E-state index < -0.39 is 0 Å². The fourth-order valence-electron chi connectivity index (χ4n) is 4.23. The predicted octanol–water partition coefficient (Wildman–Crippen LogP) is 9.41. The monoisotopic (exact) mass is 429 g/mol. The van der Waals surface area contributed by atoms with Gasteiger partial charge in [0.25, 0.3) is 0 Å². The van der Waals surface area contributed by atoms with Crippen LogP contribution in [0, 0.1) is 12.3 Å². The van der Waals surface area contributed by atoms with E-state index >= 15 is 0 Å². The number of aryl methyl sites for hydroxylation is 1. The van der Waals surface area contributed by atoms with Gasteiger partial charge in [0.2, 0.25) is 0 Å². The van der Waals surface area contributed by atoms with Gasteiger partial charge in [0.1, 0.15) is 16.9 Å². The number of fused-ring (bicyclic) bond motifs is 1. The number of aromatic nitrogens is 1. The Balaban J connectivity index is 1.72. The van der Waals surface area contributed by atoms with Crippen molar-refractivity contribution in [3.63, 3.8) is 0 Å². The van der Waals surface area contributed by atoms with Crippen LogP contribution < -0.4 is 4.74 Å². The Bertz CT molecular complexity index is 758. The number of oxazole rings is 1. The van der Waals surface area contributed by atoms with Gasteiger partial charge in [-0.25, -0.2) is 4.98 Å². The van der Waals surface area contributed by atoms with Gasteiger partial charge in [-0.3, -0.25) is 0 Å². The van der Waals surface area contributed by atoms with Gasteiger partial charge in [0.15, 0.2) is 11.5 Å². The molecule has 31 heavy (non-hydrogen) atoms. The van der Waals surface area contributed by atoms with Crippen LogP contribution in [-0.4, -0.2) is 10.6 Å². The van der Waals surface area contributed by atoms with Crippen LogP contribution in [0.25, 0.3) is 11.1 Å². The van der Waals surface area contributed by atoms with E-state index in [-0.39, 0.29) is 11.0 Å². The Hall–Kier alpha value is -1.51. The minimum atomic E-state index is -0.214. The van der Waals surface area contributed by atoms with E-state index in [0.717, 1.165) is 23.3 Å². The van der Waals surface area contributed by atoms with E-state index in [1.165, 1.54) is 77.0 Å². The number of hydrogen-bond donors (Lipinski definition) is 0. The highest BCUT2D eigenvalue weighted by Gasteiger charge is 2.39. The largest absolute Gasteiger partial charge is 0.487 e. The molecule has 0 saturated heterocycles. The summed E-state index contributed by atoms with van der Waals surface area (Å²) < 4.78 is 12.3. The molecule has 1 aromatic heterocycles. The molecule has 2 aromatic rings. The highest BCUT2D eigenvalue weighted by atomic mass is 16.5. The first-order chi connectivity index (χ1) is 14.7. The van der Waals surface area contributed by atoms with Crippen molar-refractivity contribution in [1.29, 1.82) is 0 Å². The Labute approximate surface area is 191 Å². The van der Waals surface area contributed by atoms with Crippen LogP contribution in [0.2, 0.25) is 0 Å². The van der Waals surface area contributed by atoms with Gasteiger partial charge in [-0.1, -0.05) is 98.3 Å². The molecule has 2 rings (SSSR count). The van der Waals surface area contributed by atoms with Gasteiger partial charge in [-0.2, -0.15) is 0 Å². The van der Waals surface area contributed by atoms with E-state index in [9.17, 15) is 0 Å². The second-order valence-corrected chi connectivity index (χ2v) is 10.6. The van der Waals surface area contributed by atoms with Crippen LogP contribution in [-0.2, 0) is 0 Å². The maximum Gasteiger partial charge on any atom is 0.192 e. The van der Waals surface area contributed by atoms with Gasteiger partial charge < -0.3 is 9.15 Å². The SMILES string of the molecule is CCCCCCCCCCCCCCC(C)(Oc1ccc2nc(C)oc2c1)C(C)(C)C. The normalized spacial score (nSPS) is 14.1. The quantitative estimate of drug-likeness (QED) is 0.264. The molecule has 0 spiro atoms. The Morgan fingerprint density at radius 1 is 0.806 bits per heavy atom. The number of unbranched alkanes of at least 4 members (excludes halogenated alkanes) is 11. The van der Waals surface area contributed by atoms with Crippen molar-refractivity contribution >= 4 is 11.1 Å². The maximum atomic E-state index is 6.60. The molecule has 0 N–H and O–H groups in total. The third kappa shape index (κ3) is 8.50. The van der Waals surface area contributed by atoms with Gasteiger partial charge in [0.05, 0.1) is 0 Å². The molecule has 0 aliphatic carbocycles. The molecule has 0 radical (unpaired) electrons. The molecule has 1 unspecified atom stereocenters. The molecule has 0 bridgehead atoms. The molecule has 0 saturated carbocycles. The molecular weight excluding hydrogens is 382 g/mol. The average molecular weight is 430 g/mol. The molecule has 0 amide bonds. The molecule has 0 aliphatic heterocycles. The van der Waals surface area contributed by atoms with E-state index in [1.807, 2.05) is 25.1 Å². The molecule has 1 heterocycles. The molecule has 1 aromatic carbocycles. The lowest BCUT2D eigenvalue weighted by atomic mass is 9.74. The van der Waals surface area contributed by atoms with Crippen molar-refractivity contribution < 1.29 is 9.15 Å². The number of nitrogens with zero attached hydrogens (tertiary/aromatic N) is 1. The fourth-order valence-corrected chi connectivity index (χ4v) is 4.23. The highest BCUT2D eigenvalue weighted by Crippen LogP contribution is 2.39. The first-order valence-electron chi connectivity index (χ1n) is 12.8. The molecule has 3 heteroatoms. The number of benzene rings is 1. The minimum Gasteiger partial charge on any atom is -0.487 e. The summed E-state index contributed by atoms with van der Waals surface area (Å²) in [6.45, 7) is 13.3. The second kappa shape index (κ2) is 12.5. The third-order valence-electron chi connectivity index (χ3n) is 6.90. The summed E-state index contributed by atoms with van der Waals surface area (Å²) in [7, 11) is 0. The summed E-state index contributed by atoms with van der Waals surface area (Å²) in [6, 6.07) is 6.01. The Kier molecular flexibility index (Phi) is 10.4. The molecule has 3 nitrogen and oxygen atoms in total. The summed E-state index contributed by atoms with van der Waals surface area (Å²) in [5.41, 5.74) is 1.53. The predicted molar refractivity (Wildman–Crippen MR) is 133 cm³/mol. The number of hydrogen-bond acceptors (Lipinski definition) is 3. The van der Waals surface area contributed by atoms with Crippen molar-refractivity contribution in [3.05, 3.63) is 24.1 Å². The zero-order valence-electron chi connectivity index (χ0n) is 21.2. The minimum absolute atomic E-state index is 0.0526. The number of rotatable bonds is 15. The van der Waals surface area contributed by atoms with Crippen LogP contribution in [0.4, 0.5) is 0 Å². The van der Waals surface area contributed by atoms with Crippen LogP contribution in [0.1, 0.15) is 124 Å². The van der Waals surface area contributed by atoms with Crippen molar-refractivity contribution in [1.82, 2.24) is 4.98 Å². The van der Waals surface area contributed by atoms with Crippen molar-refractivity contribution in [2.24, 2.45) is 5.41 Å². The van der Waals surface area contributed by atoms with Crippen molar-refractivity contribution in [3.8, 4) is 5.75 Å². The van der Waals surface area contributed by atoms with Gasteiger partial charge >= 0.3 is 0 Å². The van der Waals surface area contributed by atoms with Crippen LogP contribution in [0.15, 0.2) is 22.6 Å². The molecule has 0 aliphatic rings. The molecular formula is C28H47NO2. The smallest absolute Gasteiger partial charge is 0.192 e. The van der Waals surface area contributed by atoms with Crippen LogP contribution in [0.3, 0.4) is 0 Å². The van der Waals surface area contributed by atoms with Crippen molar-refractivity contribution in [2.45, 2.75) is 131 Å². The third-order valence-corrected chi connectivity index (χ3v) is 6.90. The first-order valence-corrected chi connectivity index (χ1v) is 12.8. The van der Waals surface area contributed by atoms with E-state index in [0.29, 0.717) is 5.89 Å². The van der Waals surface area contributed by atoms with E-state index in [1.54, 1.807) is 0 Å². The van der Waals surface area contributed by atoms with Crippen molar-refractivity contribution in [2.75, 3.05) is 0 Å². The molecule has 1 atom stereocenters. The Morgan fingerprint density at radius 3 is 1.90 bits per heavy atom. The molecule has 0 fully saturated rings. The standard InChI is InChI=1S/C28H47NO2/c1-7-8-9-10-11-12-13-14-15-16-17-18-21-28(6,27(3,4)5)31-24-19-20-25-26(22-24)30-23(2)29-25/h19-20,22H,7-18,21H2,1-6H3. The summed E-state index contributed by atoms with van der Waals surface area (Å²) in [4.78, 5) is 4.39. The second-order valence-electron chi connectivity index (χ2n) is 10.6. The maximum absolute atomic E-state index is 6.60. The zero-order valence-corrected chi connectivity index (χ0v) is 21.2. The van der Waals surface area contributed by atoms with Crippen LogP contribution in [0.5, 0.6) is 5.75 Å².